The number of aromatic nitrogens is 4. The molecule has 0 spiro atoms. The predicted octanol–water partition coefficient (Wildman–Crippen LogP) is 1.43. The van der Waals surface area contributed by atoms with Gasteiger partial charge in [0.2, 0.25) is 17.7 Å². The van der Waals surface area contributed by atoms with Gasteiger partial charge in [-0.15, -0.1) is 0 Å². The Kier molecular flexibility index (Phi) is 5.55. The molecule has 2 aromatic rings. The second-order valence-electron chi connectivity index (χ2n) is 6.31. The van der Waals surface area contributed by atoms with Gasteiger partial charge >= 0.3 is 0 Å². The number of nitrogens with one attached hydrogen (secondary N) is 1. The molecule has 0 aliphatic carbocycles. The van der Waals surface area contributed by atoms with Gasteiger partial charge in [-0.2, -0.15) is 9.97 Å². The maximum Gasteiger partial charge on any atom is 0.231 e. The third-order valence-electron chi connectivity index (χ3n) is 4.33. The van der Waals surface area contributed by atoms with Crippen molar-refractivity contribution < 1.29 is 9.47 Å². The van der Waals surface area contributed by atoms with E-state index in [9.17, 15) is 0 Å². The number of anilines is 3. The summed E-state index contributed by atoms with van der Waals surface area (Å²) in [5.41, 5.74) is 0. The van der Waals surface area contributed by atoms with Gasteiger partial charge in [-0.05, 0) is 12.8 Å². The van der Waals surface area contributed by atoms with Crippen LogP contribution >= 0.6 is 0 Å². The molecule has 1 aliphatic rings. The summed E-state index contributed by atoms with van der Waals surface area (Å²) in [4.78, 5) is 21.5. The Labute approximate surface area is 153 Å². The third-order valence-corrected chi connectivity index (χ3v) is 4.33. The van der Waals surface area contributed by atoms with Gasteiger partial charge < -0.3 is 24.6 Å². The summed E-state index contributed by atoms with van der Waals surface area (Å²) < 4.78 is 10.5. The summed E-state index contributed by atoms with van der Waals surface area (Å²) in [5.74, 6) is 3.38. The Balaban J connectivity index is 1.62. The topological polar surface area (TPSA) is 88.5 Å². The van der Waals surface area contributed by atoms with E-state index in [2.05, 4.69) is 30.2 Å². The van der Waals surface area contributed by atoms with Gasteiger partial charge in [0.15, 0.2) is 0 Å². The van der Waals surface area contributed by atoms with Crippen LogP contribution < -0.4 is 24.6 Å². The lowest BCUT2D eigenvalue weighted by Crippen LogP contribution is -2.40. The molecule has 26 heavy (non-hydrogen) atoms. The number of ether oxygens (including phenoxy) is 2. The van der Waals surface area contributed by atoms with E-state index in [1.54, 1.807) is 26.6 Å². The monoisotopic (exact) mass is 359 g/mol. The molecule has 0 saturated carbocycles. The highest BCUT2D eigenvalue weighted by Gasteiger charge is 2.22. The standard InChI is InChI=1S/C17H25N7O2/c1-23(2)14-9-13(18-11-19-14)20-12-5-7-24(8-6-12)17-21-15(25-3)10-16(22-17)26-4/h9-12H,5-8H2,1-4H3,(H,18,19,20). The first-order chi connectivity index (χ1) is 12.6. The molecule has 1 N–H and O–H groups in total. The van der Waals surface area contributed by atoms with Crippen LogP contribution in [0.25, 0.3) is 0 Å². The van der Waals surface area contributed by atoms with E-state index in [1.165, 1.54) is 0 Å². The summed E-state index contributed by atoms with van der Waals surface area (Å²) in [7, 11) is 7.11. The Bertz CT molecular complexity index is 711. The smallest absolute Gasteiger partial charge is 0.231 e. The Morgan fingerprint density at radius 2 is 1.69 bits per heavy atom. The maximum atomic E-state index is 5.23. The van der Waals surface area contributed by atoms with Crippen LogP contribution in [0.1, 0.15) is 12.8 Å². The molecule has 1 aliphatic heterocycles. The molecule has 0 bridgehead atoms. The van der Waals surface area contributed by atoms with Crippen LogP contribution in [0.4, 0.5) is 17.6 Å². The van der Waals surface area contributed by atoms with Crippen molar-refractivity contribution in [3.8, 4) is 11.8 Å². The van der Waals surface area contributed by atoms with Gasteiger partial charge in [-0.25, -0.2) is 9.97 Å². The molecule has 140 valence electrons. The first-order valence-electron chi connectivity index (χ1n) is 8.57. The minimum absolute atomic E-state index is 0.351. The van der Waals surface area contributed by atoms with Crippen molar-refractivity contribution in [2.75, 3.05) is 56.5 Å². The molecule has 9 nitrogen and oxygen atoms in total. The zero-order valence-electron chi connectivity index (χ0n) is 15.6. The average Bonchev–Trinajstić information content (AvgIpc) is 2.68. The van der Waals surface area contributed by atoms with Crippen molar-refractivity contribution in [3.05, 3.63) is 18.5 Å². The minimum Gasteiger partial charge on any atom is -0.481 e. The predicted molar refractivity (Wildman–Crippen MR) is 100 cm³/mol. The second kappa shape index (κ2) is 8.03. The second-order valence-corrected chi connectivity index (χ2v) is 6.31. The highest BCUT2D eigenvalue weighted by Crippen LogP contribution is 2.24. The molecule has 0 atom stereocenters. The number of rotatable bonds is 6. The lowest BCUT2D eigenvalue weighted by Gasteiger charge is -2.32. The first kappa shape index (κ1) is 18.0. The molecule has 2 aromatic heterocycles. The van der Waals surface area contributed by atoms with Crippen molar-refractivity contribution in [2.24, 2.45) is 0 Å². The Hall–Kier alpha value is -2.84. The number of nitrogens with zero attached hydrogens (tertiary/aromatic N) is 6. The zero-order chi connectivity index (χ0) is 18.5. The first-order valence-corrected chi connectivity index (χ1v) is 8.57. The van der Waals surface area contributed by atoms with Crippen molar-refractivity contribution in [3.63, 3.8) is 0 Å². The highest BCUT2D eigenvalue weighted by atomic mass is 16.5. The van der Waals surface area contributed by atoms with Crippen molar-refractivity contribution in [1.29, 1.82) is 0 Å². The Morgan fingerprint density at radius 1 is 1.04 bits per heavy atom. The van der Waals surface area contributed by atoms with E-state index < -0.39 is 0 Å². The molecule has 1 saturated heterocycles. The summed E-state index contributed by atoms with van der Waals surface area (Å²) in [6, 6.07) is 3.99. The molecule has 3 heterocycles. The van der Waals surface area contributed by atoms with Gasteiger partial charge in [0.1, 0.15) is 18.0 Å². The van der Waals surface area contributed by atoms with E-state index in [4.69, 9.17) is 9.47 Å². The number of methoxy groups -OCH3 is 2. The van der Waals surface area contributed by atoms with Crippen LogP contribution in [-0.2, 0) is 0 Å². The fourth-order valence-corrected chi connectivity index (χ4v) is 2.85. The van der Waals surface area contributed by atoms with Gasteiger partial charge in [-0.1, -0.05) is 0 Å². The molecule has 3 rings (SSSR count). The van der Waals surface area contributed by atoms with E-state index in [1.807, 2.05) is 25.1 Å². The normalized spacial score (nSPS) is 14.8. The number of hydrogen-bond acceptors (Lipinski definition) is 9. The van der Waals surface area contributed by atoms with E-state index >= 15 is 0 Å². The molecule has 0 amide bonds. The highest BCUT2D eigenvalue weighted by molar-refractivity contribution is 5.48. The largest absolute Gasteiger partial charge is 0.481 e. The van der Waals surface area contributed by atoms with Crippen LogP contribution in [0.5, 0.6) is 11.8 Å². The molecular weight excluding hydrogens is 334 g/mol. The lowest BCUT2D eigenvalue weighted by molar-refractivity contribution is 0.370. The molecule has 0 aromatic carbocycles. The van der Waals surface area contributed by atoms with Gasteiger partial charge in [-0.3, -0.25) is 0 Å². The molecule has 0 unspecified atom stereocenters. The zero-order valence-corrected chi connectivity index (χ0v) is 15.6. The summed E-state index contributed by atoms with van der Waals surface area (Å²) >= 11 is 0. The SMILES string of the molecule is COc1cc(OC)nc(N2CCC(Nc3cc(N(C)C)ncn3)CC2)n1. The molecule has 0 radical (unpaired) electrons. The van der Waals surface area contributed by atoms with Crippen LogP contribution in [0.2, 0.25) is 0 Å². The summed E-state index contributed by atoms with van der Waals surface area (Å²) in [5, 5.41) is 3.50. The van der Waals surface area contributed by atoms with E-state index in [-0.39, 0.29) is 0 Å². The van der Waals surface area contributed by atoms with Gasteiger partial charge in [0, 0.05) is 39.3 Å². The van der Waals surface area contributed by atoms with Crippen molar-refractivity contribution in [2.45, 2.75) is 18.9 Å². The fourth-order valence-electron chi connectivity index (χ4n) is 2.85. The third kappa shape index (κ3) is 4.22. The van der Waals surface area contributed by atoms with Gasteiger partial charge in [0.05, 0.1) is 20.3 Å². The minimum atomic E-state index is 0.351. The molecule has 1 fully saturated rings. The lowest BCUT2D eigenvalue weighted by atomic mass is 10.1. The average molecular weight is 359 g/mol. The summed E-state index contributed by atoms with van der Waals surface area (Å²) in [6.07, 6.45) is 3.51. The summed E-state index contributed by atoms with van der Waals surface area (Å²) in [6.45, 7) is 1.69. The fraction of sp³-hybridized carbons (Fsp3) is 0.529. The Morgan fingerprint density at radius 3 is 2.27 bits per heavy atom. The molecule has 9 heteroatoms. The number of hydrogen-bond donors (Lipinski definition) is 1. The van der Waals surface area contributed by atoms with Gasteiger partial charge in [0.25, 0.3) is 0 Å². The van der Waals surface area contributed by atoms with E-state index in [0.717, 1.165) is 37.6 Å². The number of piperidine rings is 1. The van der Waals surface area contributed by atoms with Crippen LogP contribution in [-0.4, -0.2) is 67.4 Å². The molecular formula is C17H25N7O2. The van der Waals surface area contributed by atoms with Crippen LogP contribution in [0.3, 0.4) is 0 Å². The van der Waals surface area contributed by atoms with Crippen LogP contribution in [0, 0.1) is 0 Å². The maximum absolute atomic E-state index is 5.23. The van der Waals surface area contributed by atoms with Crippen molar-refractivity contribution in [1.82, 2.24) is 19.9 Å². The quantitative estimate of drug-likeness (QED) is 0.822. The van der Waals surface area contributed by atoms with E-state index in [0.29, 0.717) is 23.8 Å². The van der Waals surface area contributed by atoms with Crippen LogP contribution in [0.15, 0.2) is 18.5 Å². The van der Waals surface area contributed by atoms with Crippen molar-refractivity contribution >= 4 is 17.6 Å².